The van der Waals surface area contributed by atoms with Gasteiger partial charge in [0.25, 0.3) is 0 Å². The lowest BCUT2D eigenvalue weighted by molar-refractivity contribution is -0.154. The van der Waals surface area contributed by atoms with Crippen molar-refractivity contribution in [3.8, 4) is 0 Å². The molecule has 0 saturated heterocycles. The van der Waals surface area contributed by atoms with Crippen LogP contribution in [0, 0.1) is 0 Å². The zero-order valence-corrected chi connectivity index (χ0v) is 35.1. The molecule has 0 aliphatic heterocycles. The lowest BCUT2D eigenvalue weighted by Crippen LogP contribution is -2.28. The number of unbranched alkanes of at least 4 members (excludes halogenated alkanes) is 20. The first kappa shape index (κ1) is 51.5. The zero-order valence-electron chi connectivity index (χ0n) is 34.2. The van der Waals surface area contributed by atoms with Gasteiger partial charge >= 0.3 is 13.8 Å². The molecule has 0 rings (SSSR count). The molecule has 8 nitrogen and oxygen atoms in total. The van der Waals surface area contributed by atoms with Crippen LogP contribution in [-0.2, 0) is 27.9 Å². The number of esters is 1. The van der Waals surface area contributed by atoms with Crippen LogP contribution >= 0.6 is 7.82 Å². The van der Waals surface area contributed by atoms with Crippen molar-refractivity contribution in [2.45, 2.75) is 193 Å². The second-order valence-electron chi connectivity index (χ2n) is 14.2. The maximum atomic E-state index is 12.6. The first-order valence-electron chi connectivity index (χ1n) is 21.6. The molecule has 0 amide bonds. The molecular weight excluding hydrogens is 685 g/mol. The van der Waals surface area contributed by atoms with Gasteiger partial charge in [0, 0.05) is 19.6 Å². The zero-order chi connectivity index (χ0) is 38.8. The number of ether oxygens (including phenoxy) is 2. The summed E-state index contributed by atoms with van der Waals surface area (Å²) in [5, 5.41) is 0. The minimum absolute atomic E-state index is 0.0979. The Balaban J connectivity index is 4.03. The molecule has 0 spiro atoms. The minimum Gasteiger partial charge on any atom is -0.457 e. The van der Waals surface area contributed by atoms with Crippen LogP contribution in [0.3, 0.4) is 0 Å². The van der Waals surface area contributed by atoms with Crippen molar-refractivity contribution in [3.05, 3.63) is 48.6 Å². The van der Waals surface area contributed by atoms with Crippen LogP contribution in [0.25, 0.3) is 0 Å². The highest BCUT2D eigenvalue weighted by molar-refractivity contribution is 7.47. The number of rotatable bonds is 41. The van der Waals surface area contributed by atoms with Gasteiger partial charge in [-0.15, -0.1) is 0 Å². The van der Waals surface area contributed by atoms with E-state index >= 15 is 0 Å². The molecule has 0 saturated carbocycles. The van der Waals surface area contributed by atoms with E-state index < -0.39 is 13.9 Å². The fourth-order valence-corrected chi connectivity index (χ4v) is 6.64. The number of allylic oxidation sites excluding steroid dienone is 8. The number of hydrogen-bond donors (Lipinski definition) is 2. The van der Waals surface area contributed by atoms with E-state index in [1.165, 1.54) is 103 Å². The quantitative estimate of drug-likeness (QED) is 0.0273. The van der Waals surface area contributed by atoms with Gasteiger partial charge in [-0.1, -0.05) is 178 Å². The van der Waals surface area contributed by atoms with Crippen LogP contribution in [0.5, 0.6) is 0 Å². The number of carbonyl (C=O) groups excluding carboxylic acids is 1. The average molecular weight is 768 g/mol. The predicted molar refractivity (Wildman–Crippen MR) is 224 cm³/mol. The topological polar surface area (TPSA) is 117 Å². The van der Waals surface area contributed by atoms with Crippen molar-refractivity contribution >= 4 is 13.8 Å². The predicted octanol–water partition coefficient (Wildman–Crippen LogP) is 12.8. The van der Waals surface area contributed by atoms with Crippen molar-refractivity contribution in [2.75, 3.05) is 33.0 Å². The summed E-state index contributed by atoms with van der Waals surface area (Å²) in [6, 6.07) is 0. The standard InChI is InChI=1S/C44H82NO7P/c1-3-5-7-9-11-13-15-17-19-20-21-22-23-24-26-28-30-32-34-36-39-49-41-43(42-51-53(47,48)50-40-38-45)52-44(46)37-35-33-31-29-27-25-18-16-14-12-10-8-6-4-2/h5,7,11,13,17,19,21-22,43H,3-4,6,8-10,12,14-16,18,20,23-42,45H2,1-2H3,(H,47,48)/b7-5-,13-11-,19-17-,22-21-. The summed E-state index contributed by atoms with van der Waals surface area (Å²) in [6.45, 7) is 4.79. The van der Waals surface area contributed by atoms with Gasteiger partial charge in [-0.25, -0.2) is 4.57 Å². The van der Waals surface area contributed by atoms with Crippen molar-refractivity contribution in [2.24, 2.45) is 5.73 Å². The third-order valence-electron chi connectivity index (χ3n) is 9.01. The molecule has 9 heteroatoms. The van der Waals surface area contributed by atoms with Crippen molar-refractivity contribution in [1.82, 2.24) is 0 Å². The molecule has 0 aliphatic carbocycles. The van der Waals surface area contributed by atoms with E-state index in [-0.39, 0.29) is 32.3 Å². The Morgan fingerprint density at radius 3 is 1.58 bits per heavy atom. The van der Waals surface area contributed by atoms with E-state index in [0.717, 1.165) is 64.2 Å². The molecule has 0 heterocycles. The van der Waals surface area contributed by atoms with Crippen LogP contribution in [0.2, 0.25) is 0 Å². The molecule has 0 aromatic heterocycles. The minimum atomic E-state index is -4.28. The molecule has 310 valence electrons. The molecule has 0 aromatic carbocycles. The fraction of sp³-hybridized carbons (Fsp3) is 0.795. The van der Waals surface area contributed by atoms with Gasteiger partial charge in [0.1, 0.15) is 6.10 Å². The molecule has 0 radical (unpaired) electrons. The number of phosphoric acid groups is 1. The molecule has 53 heavy (non-hydrogen) atoms. The van der Waals surface area contributed by atoms with E-state index in [2.05, 4.69) is 62.5 Å². The number of carbonyl (C=O) groups is 1. The Morgan fingerprint density at radius 2 is 1.06 bits per heavy atom. The molecule has 0 bridgehead atoms. The second kappa shape index (κ2) is 41.6. The summed E-state index contributed by atoms with van der Waals surface area (Å²) in [4.78, 5) is 22.5. The Labute approximate surface area is 326 Å². The van der Waals surface area contributed by atoms with Crippen LogP contribution in [0.1, 0.15) is 187 Å². The Bertz CT molecular complexity index is 952. The molecule has 2 unspecified atom stereocenters. The molecule has 0 aromatic rings. The van der Waals surface area contributed by atoms with Gasteiger partial charge in [0.05, 0.1) is 19.8 Å². The van der Waals surface area contributed by atoms with Gasteiger partial charge in [-0.3, -0.25) is 13.8 Å². The Kier molecular flexibility index (Phi) is 40.4. The van der Waals surface area contributed by atoms with E-state index in [9.17, 15) is 14.3 Å². The highest BCUT2D eigenvalue weighted by Crippen LogP contribution is 2.43. The van der Waals surface area contributed by atoms with E-state index in [1.54, 1.807) is 0 Å². The summed E-state index contributed by atoms with van der Waals surface area (Å²) in [7, 11) is -4.28. The van der Waals surface area contributed by atoms with E-state index in [1.807, 2.05) is 0 Å². The fourth-order valence-electron chi connectivity index (χ4n) is 5.87. The van der Waals surface area contributed by atoms with Gasteiger partial charge in [0.15, 0.2) is 0 Å². The summed E-state index contributed by atoms with van der Waals surface area (Å²) in [6.07, 6.45) is 48.4. The normalized spacial score (nSPS) is 14.0. The third kappa shape index (κ3) is 41.5. The highest BCUT2D eigenvalue weighted by Gasteiger charge is 2.25. The largest absolute Gasteiger partial charge is 0.472 e. The summed E-state index contributed by atoms with van der Waals surface area (Å²) in [5.74, 6) is -0.334. The maximum absolute atomic E-state index is 12.6. The second-order valence-corrected chi connectivity index (χ2v) is 15.6. The van der Waals surface area contributed by atoms with Crippen molar-refractivity contribution in [1.29, 1.82) is 0 Å². The average Bonchev–Trinajstić information content (AvgIpc) is 3.15. The summed E-state index contributed by atoms with van der Waals surface area (Å²) in [5.41, 5.74) is 5.37. The van der Waals surface area contributed by atoms with Crippen molar-refractivity contribution in [3.63, 3.8) is 0 Å². The molecule has 0 fully saturated rings. The van der Waals surface area contributed by atoms with E-state index in [0.29, 0.717) is 13.0 Å². The van der Waals surface area contributed by atoms with Crippen LogP contribution in [0.4, 0.5) is 0 Å². The van der Waals surface area contributed by atoms with Gasteiger partial charge in [-0.05, 0) is 51.4 Å². The monoisotopic (exact) mass is 768 g/mol. The first-order chi connectivity index (χ1) is 25.9. The van der Waals surface area contributed by atoms with Crippen LogP contribution in [-0.4, -0.2) is 49.9 Å². The Hall–Kier alpha value is -1.54. The summed E-state index contributed by atoms with van der Waals surface area (Å²) < 4.78 is 33.4. The Morgan fingerprint density at radius 1 is 0.585 bits per heavy atom. The summed E-state index contributed by atoms with van der Waals surface area (Å²) >= 11 is 0. The lowest BCUT2D eigenvalue weighted by Gasteiger charge is -2.20. The van der Waals surface area contributed by atoms with Gasteiger partial charge < -0.3 is 20.1 Å². The highest BCUT2D eigenvalue weighted by atomic mass is 31.2. The maximum Gasteiger partial charge on any atom is 0.472 e. The van der Waals surface area contributed by atoms with E-state index in [4.69, 9.17) is 24.3 Å². The number of hydrogen-bond acceptors (Lipinski definition) is 7. The lowest BCUT2D eigenvalue weighted by atomic mass is 10.0. The number of phosphoric ester groups is 1. The van der Waals surface area contributed by atoms with Gasteiger partial charge in [0.2, 0.25) is 0 Å². The molecule has 2 atom stereocenters. The molecular formula is C44H82NO7P. The van der Waals surface area contributed by atoms with Gasteiger partial charge in [-0.2, -0.15) is 0 Å². The van der Waals surface area contributed by atoms with Crippen LogP contribution in [0.15, 0.2) is 48.6 Å². The molecule has 0 aliphatic rings. The van der Waals surface area contributed by atoms with Crippen LogP contribution < -0.4 is 5.73 Å². The smallest absolute Gasteiger partial charge is 0.457 e. The molecule has 3 N–H and O–H groups in total. The first-order valence-corrected chi connectivity index (χ1v) is 23.1. The third-order valence-corrected chi connectivity index (χ3v) is 9.99. The van der Waals surface area contributed by atoms with Crippen molar-refractivity contribution < 1.29 is 32.8 Å². The SMILES string of the molecule is CC/C=C\C/C=C\C/C=C\C/C=C\CCCCCCCCCOCC(COP(=O)(O)OCCN)OC(=O)CCCCCCCCCCCCCCCC. The number of nitrogens with two attached hydrogens (primary N) is 1.